The third kappa shape index (κ3) is 3.25. The summed E-state index contributed by atoms with van der Waals surface area (Å²) in [6.45, 7) is 3.90. The van der Waals surface area contributed by atoms with Crippen molar-refractivity contribution in [2.24, 2.45) is 5.92 Å². The van der Waals surface area contributed by atoms with Crippen molar-refractivity contribution in [2.75, 3.05) is 37.6 Å². The van der Waals surface area contributed by atoms with Crippen molar-refractivity contribution in [3.05, 3.63) is 30.1 Å². The highest BCUT2D eigenvalue weighted by atomic mass is 19.1. The molecule has 0 aliphatic carbocycles. The average molecular weight is 333 g/mol. The van der Waals surface area contributed by atoms with Crippen LogP contribution in [0.25, 0.3) is 0 Å². The zero-order valence-corrected chi connectivity index (χ0v) is 13.6. The monoisotopic (exact) mass is 333 g/mol. The molecule has 6 nitrogen and oxygen atoms in total. The van der Waals surface area contributed by atoms with E-state index in [0.717, 1.165) is 0 Å². The quantitative estimate of drug-likeness (QED) is 0.807. The van der Waals surface area contributed by atoms with Crippen molar-refractivity contribution in [2.45, 2.75) is 13.3 Å². The number of amides is 3. The molecule has 0 radical (unpaired) electrons. The molecule has 0 unspecified atom stereocenters. The Morgan fingerprint density at radius 1 is 1.04 bits per heavy atom. The molecule has 7 heteroatoms. The molecule has 3 rings (SSSR count). The normalized spacial score (nSPS) is 21.3. The lowest BCUT2D eigenvalue weighted by Gasteiger charge is -2.35. The van der Waals surface area contributed by atoms with Gasteiger partial charge in [0, 0.05) is 51.8 Å². The first-order valence-corrected chi connectivity index (χ1v) is 8.06. The maximum Gasteiger partial charge on any atom is 0.228 e. The summed E-state index contributed by atoms with van der Waals surface area (Å²) in [7, 11) is 0. The van der Waals surface area contributed by atoms with Crippen LogP contribution in [0.4, 0.5) is 10.1 Å². The van der Waals surface area contributed by atoms with E-state index in [1.165, 1.54) is 24.0 Å². The largest absolute Gasteiger partial charge is 0.339 e. The summed E-state index contributed by atoms with van der Waals surface area (Å²) in [5.41, 5.74) is 0.609. The number of benzene rings is 1. The molecule has 2 fully saturated rings. The van der Waals surface area contributed by atoms with Gasteiger partial charge in [0.25, 0.3) is 0 Å². The smallest absolute Gasteiger partial charge is 0.228 e. The van der Waals surface area contributed by atoms with Gasteiger partial charge in [0.1, 0.15) is 5.82 Å². The second-order valence-corrected chi connectivity index (χ2v) is 6.21. The first kappa shape index (κ1) is 16.4. The van der Waals surface area contributed by atoms with Gasteiger partial charge in [-0.2, -0.15) is 0 Å². The molecule has 2 saturated heterocycles. The van der Waals surface area contributed by atoms with Crippen LogP contribution >= 0.6 is 0 Å². The van der Waals surface area contributed by atoms with Gasteiger partial charge in [-0.05, 0) is 24.3 Å². The first-order chi connectivity index (χ1) is 11.5. The first-order valence-electron chi connectivity index (χ1n) is 8.06. The van der Waals surface area contributed by atoms with Crippen LogP contribution < -0.4 is 4.90 Å². The fourth-order valence-corrected chi connectivity index (χ4v) is 3.24. The number of carbonyl (C=O) groups is 3. The number of rotatable bonds is 2. The van der Waals surface area contributed by atoms with Crippen LogP contribution in [0.1, 0.15) is 13.3 Å². The van der Waals surface area contributed by atoms with E-state index < -0.39 is 0 Å². The van der Waals surface area contributed by atoms with Crippen LogP contribution in [0.5, 0.6) is 0 Å². The van der Waals surface area contributed by atoms with Crippen molar-refractivity contribution >= 4 is 23.4 Å². The lowest BCUT2D eigenvalue weighted by atomic mass is 10.1. The molecule has 0 saturated carbocycles. The molecule has 1 aromatic carbocycles. The molecule has 2 heterocycles. The lowest BCUT2D eigenvalue weighted by Crippen LogP contribution is -2.51. The molecule has 1 atom stereocenters. The number of piperazine rings is 1. The Kier molecular flexibility index (Phi) is 4.51. The van der Waals surface area contributed by atoms with E-state index in [4.69, 9.17) is 0 Å². The third-order valence-electron chi connectivity index (χ3n) is 4.65. The predicted molar refractivity (Wildman–Crippen MR) is 85.7 cm³/mol. The summed E-state index contributed by atoms with van der Waals surface area (Å²) in [6.07, 6.45) is 0.170. The van der Waals surface area contributed by atoms with Gasteiger partial charge in [0.2, 0.25) is 17.7 Å². The fourth-order valence-electron chi connectivity index (χ4n) is 3.24. The lowest BCUT2D eigenvalue weighted by molar-refractivity contribution is -0.141. The highest BCUT2D eigenvalue weighted by Gasteiger charge is 2.38. The Balaban J connectivity index is 1.62. The number of hydrogen-bond donors (Lipinski definition) is 0. The van der Waals surface area contributed by atoms with E-state index in [2.05, 4.69) is 0 Å². The SMILES string of the molecule is CC(=O)N1CCN(C(=O)[C@H]2CC(=O)N(c3ccc(F)cc3)C2)CC1. The molecule has 2 aliphatic rings. The van der Waals surface area contributed by atoms with E-state index in [1.54, 1.807) is 21.9 Å². The second-order valence-electron chi connectivity index (χ2n) is 6.21. The van der Waals surface area contributed by atoms with Gasteiger partial charge in [-0.15, -0.1) is 0 Å². The van der Waals surface area contributed by atoms with E-state index in [0.29, 0.717) is 38.4 Å². The highest BCUT2D eigenvalue weighted by Crippen LogP contribution is 2.26. The number of halogens is 1. The van der Waals surface area contributed by atoms with Crippen molar-refractivity contribution in [3.8, 4) is 0 Å². The Morgan fingerprint density at radius 2 is 1.62 bits per heavy atom. The minimum absolute atomic E-state index is 0.0145. The van der Waals surface area contributed by atoms with E-state index in [9.17, 15) is 18.8 Å². The van der Waals surface area contributed by atoms with Crippen molar-refractivity contribution in [3.63, 3.8) is 0 Å². The Hall–Kier alpha value is -2.44. The number of anilines is 1. The summed E-state index contributed by atoms with van der Waals surface area (Å²) < 4.78 is 13.0. The average Bonchev–Trinajstić information content (AvgIpc) is 2.97. The molecule has 3 amide bonds. The van der Waals surface area contributed by atoms with Crippen molar-refractivity contribution in [1.29, 1.82) is 0 Å². The summed E-state index contributed by atoms with van der Waals surface area (Å²) in [5.74, 6) is -0.896. The summed E-state index contributed by atoms with van der Waals surface area (Å²) >= 11 is 0. The maximum absolute atomic E-state index is 13.0. The topological polar surface area (TPSA) is 60.9 Å². The Labute approximate surface area is 139 Å². The molecular weight excluding hydrogens is 313 g/mol. The van der Waals surface area contributed by atoms with Gasteiger partial charge in [0.15, 0.2) is 0 Å². The zero-order chi connectivity index (χ0) is 17.3. The van der Waals surface area contributed by atoms with Gasteiger partial charge in [0.05, 0.1) is 5.92 Å². The minimum Gasteiger partial charge on any atom is -0.339 e. The molecule has 0 bridgehead atoms. The molecule has 1 aromatic rings. The minimum atomic E-state index is -0.383. The standard InChI is InChI=1S/C17H20FN3O3/c1-12(22)19-6-8-20(9-7-19)17(24)13-10-16(23)21(11-13)15-4-2-14(18)3-5-15/h2-5,13H,6-11H2,1H3/t13-/m0/s1. The Bertz CT molecular complexity index is 654. The summed E-state index contributed by atoms with van der Waals surface area (Å²) in [5, 5.41) is 0. The Morgan fingerprint density at radius 3 is 2.21 bits per heavy atom. The van der Waals surface area contributed by atoms with Crippen LogP contribution in [-0.2, 0) is 14.4 Å². The fraction of sp³-hybridized carbons (Fsp3) is 0.471. The third-order valence-corrected chi connectivity index (χ3v) is 4.65. The molecule has 0 N–H and O–H groups in total. The van der Waals surface area contributed by atoms with Crippen LogP contribution in [0.3, 0.4) is 0 Å². The van der Waals surface area contributed by atoms with Crippen LogP contribution in [-0.4, -0.2) is 60.2 Å². The van der Waals surface area contributed by atoms with Gasteiger partial charge in [-0.25, -0.2) is 4.39 Å². The van der Waals surface area contributed by atoms with Crippen molar-refractivity contribution in [1.82, 2.24) is 9.80 Å². The summed E-state index contributed by atoms with van der Waals surface area (Å²) in [4.78, 5) is 41.2. The summed E-state index contributed by atoms with van der Waals surface area (Å²) in [6, 6.07) is 5.70. The predicted octanol–water partition coefficient (Wildman–Crippen LogP) is 0.869. The van der Waals surface area contributed by atoms with E-state index >= 15 is 0 Å². The van der Waals surface area contributed by atoms with Crippen molar-refractivity contribution < 1.29 is 18.8 Å². The van der Waals surface area contributed by atoms with Gasteiger partial charge >= 0.3 is 0 Å². The van der Waals surface area contributed by atoms with Gasteiger partial charge in [-0.3, -0.25) is 14.4 Å². The van der Waals surface area contributed by atoms with Gasteiger partial charge < -0.3 is 14.7 Å². The molecule has 2 aliphatic heterocycles. The van der Waals surface area contributed by atoms with Crippen LogP contribution in [0.2, 0.25) is 0 Å². The molecule has 0 spiro atoms. The van der Waals surface area contributed by atoms with E-state index in [-0.39, 0.29) is 35.9 Å². The number of hydrogen-bond acceptors (Lipinski definition) is 3. The zero-order valence-electron chi connectivity index (χ0n) is 13.6. The molecular formula is C17H20FN3O3. The maximum atomic E-state index is 13.0. The second kappa shape index (κ2) is 6.59. The molecule has 0 aromatic heterocycles. The molecule has 24 heavy (non-hydrogen) atoms. The highest BCUT2D eigenvalue weighted by molar-refractivity contribution is 6.00. The van der Waals surface area contributed by atoms with Crippen LogP contribution in [0.15, 0.2) is 24.3 Å². The van der Waals surface area contributed by atoms with Gasteiger partial charge in [-0.1, -0.05) is 0 Å². The number of carbonyl (C=O) groups excluding carboxylic acids is 3. The van der Waals surface area contributed by atoms with E-state index in [1.807, 2.05) is 0 Å². The molecule has 128 valence electrons. The number of nitrogens with zero attached hydrogens (tertiary/aromatic N) is 3. The van der Waals surface area contributed by atoms with Crippen LogP contribution in [0, 0.1) is 11.7 Å².